The Hall–Kier alpha value is 0.470. The third kappa shape index (κ3) is 8.29. The Morgan fingerprint density at radius 3 is 1.33 bits per heavy atom. The van der Waals surface area contributed by atoms with E-state index in [1.807, 2.05) is 0 Å². The summed E-state index contributed by atoms with van der Waals surface area (Å²) in [6, 6.07) is 0. The molecule has 1 fully saturated rings. The fraction of sp³-hybridized carbons (Fsp3) is 0.917. The number of hydrogen-bond acceptors (Lipinski definition) is 2. The molecule has 0 saturated heterocycles. The van der Waals surface area contributed by atoms with Crippen molar-refractivity contribution in [2.24, 2.45) is 5.16 Å². The molecule has 1 rings (SSSR count). The second-order valence-corrected chi connectivity index (χ2v) is 4.35. The van der Waals surface area contributed by atoms with E-state index >= 15 is 0 Å². The summed E-state index contributed by atoms with van der Waals surface area (Å²) in [5, 5.41) is 12.2. The zero-order chi connectivity index (χ0) is 10.1. The van der Waals surface area contributed by atoms with Crippen LogP contribution in [0.1, 0.15) is 70.6 Å². The SMILES string of the molecule is ON=C1CCCCCCCCCCC1.[Na]. The molecule has 0 unspecified atom stereocenters. The van der Waals surface area contributed by atoms with Crippen LogP contribution >= 0.6 is 0 Å². The van der Waals surface area contributed by atoms with Gasteiger partial charge in [-0.3, -0.25) is 0 Å². The standard InChI is InChI=1S/C12H23NO.Na/c14-13-12-10-8-6-4-2-1-3-5-7-9-11-12;/h14H,1-11H2;. The van der Waals surface area contributed by atoms with Crippen LogP contribution in [-0.2, 0) is 0 Å². The van der Waals surface area contributed by atoms with E-state index in [4.69, 9.17) is 5.21 Å². The predicted molar refractivity (Wildman–Crippen MR) is 65.8 cm³/mol. The molecule has 0 bridgehead atoms. The van der Waals surface area contributed by atoms with E-state index in [0.29, 0.717) is 0 Å². The van der Waals surface area contributed by atoms with Crippen LogP contribution in [0.3, 0.4) is 0 Å². The predicted octanol–water partition coefficient (Wildman–Crippen LogP) is 3.74. The maximum atomic E-state index is 8.78. The van der Waals surface area contributed by atoms with Gasteiger partial charge in [-0.25, -0.2) is 0 Å². The van der Waals surface area contributed by atoms with Crippen molar-refractivity contribution < 1.29 is 5.21 Å². The van der Waals surface area contributed by atoms with Gasteiger partial charge in [-0.05, 0) is 25.7 Å². The number of oxime groups is 1. The molecule has 0 heterocycles. The molecular weight excluding hydrogens is 197 g/mol. The minimum Gasteiger partial charge on any atom is -0.411 e. The second kappa shape index (κ2) is 11.0. The fourth-order valence-corrected chi connectivity index (χ4v) is 2.12. The van der Waals surface area contributed by atoms with Crippen molar-refractivity contribution in [2.75, 3.05) is 0 Å². The number of rotatable bonds is 0. The van der Waals surface area contributed by atoms with Gasteiger partial charge < -0.3 is 5.21 Å². The summed E-state index contributed by atoms with van der Waals surface area (Å²) < 4.78 is 0. The van der Waals surface area contributed by atoms with Crippen LogP contribution in [0.5, 0.6) is 0 Å². The Bertz CT molecular complexity index is 157. The molecule has 0 aromatic carbocycles. The molecule has 1 aliphatic rings. The fourth-order valence-electron chi connectivity index (χ4n) is 2.12. The molecule has 83 valence electrons. The van der Waals surface area contributed by atoms with Crippen LogP contribution in [0.15, 0.2) is 5.16 Å². The molecule has 1 radical (unpaired) electrons. The third-order valence-electron chi connectivity index (χ3n) is 3.07. The van der Waals surface area contributed by atoms with Gasteiger partial charge in [0.25, 0.3) is 0 Å². The Morgan fingerprint density at radius 1 is 0.667 bits per heavy atom. The number of nitrogens with zero attached hydrogens (tertiary/aromatic N) is 1. The molecule has 0 spiro atoms. The second-order valence-electron chi connectivity index (χ2n) is 4.35. The molecular formula is C12H23NNaO. The van der Waals surface area contributed by atoms with Gasteiger partial charge >= 0.3 is 0 Å². The van der Waals surface area contributed by atoms with E-state index in [-0.39, 0.29) is 29.6 Å². The van der Waals surface area contributed by atoms with Crippen LogP contribution in [0.2, 0.25) is 0 Å². The first-order chi connectivity index (χ1) is 6.93. The van der Waals surface area contributed by atoms with Crippen LogP contribution < -0.4 is 0 Å². The van der Waals surface area contributed by atoms with Crippen molar-refractivity contribution in [1.82, 2.24) is 0 Å². The Kier molecular flexibility index (Phi) is 11.3. The molecule has 15 heavy (non-hydrogen) atoms. The summed E-state index contributed by atoms with van der Waals surface area (Å²) in [6.45, 7) is 0. The van der Waals surface area contributed by atoms with Crippen LogP contribution in [0.25, 0.3) is 0 Å². The van der Waals surface area contributed by atoms with E-state index < -0.39 is 0 Å². The van der Waals surface area contributed by atoms with E-state index in [0.717, 1.165) is 18.6 Å². The molecule has 1 saturated carbocycles. The van der Waals surface area contributed by atoms with Gasteiger partial charge in [0.2, 0.25) is 0 Å². The Balaban J connectivity index is 0.00000196. The molecule has 1 N–H and O–H groups in total. The van der Waals surface area contributed by atoms with E-state index in [9.17, 15) is 0 Å². The maximum Gasteiger partial charge on any atom is 0.0570 e. The summed E-state index contributed by atoms with van der Waals surface area (Å²) >= 11 is 0. The molecule has 0 aromatic rings. The van der Waals surface area contributed by atoms with Crippen LogP contribution in [0, 0.1) is 0 Å². The van der Waals surface area contributed by atoms with Crippen molar-refractivity contribution in [2.45, 2.75) is 70.6 Å². The summed E-state index contributed by atoms with van der Waals surface area (Å²) in [7, 11) is 0. The summed E-state index contributed by atoms with van der Waals surface area (Å²) in [4.78, 5) is 0. The van der Waals surface area contributed by atoms with Crippen molar-refractivity contribution >= 4 is 35.3 Å². The topological polar surface area (TPSA) is 32.6 Å². The zero-order valence-corrected chi connectivity index (χ0v) is 12.2. The van der Waals surface area contributed by atoms with Gasteiger partial charge in [0.1, 0.15) is 0 Å². The molecule has 0 aromatic heterocycles. The minimum absolute atomic E-state index is 0. The Morgan fingerprint density at radius 2 is 1.00 bits per heavy atom. The smallest absolute Gasteiger partial charge is 0.0570 e. The average molecular weight is 220 g/mol. The van der Waals surface area contributed by atoms with Gasteiger partial charge in [-0.15, -0.1) is 0 Å². The first-order valence-electron chi connectivity index (χ1n) is 6.13. The van der Waals surface area contributed by atoms with Gasteiger partial charge in [0.05, 0.1) is 5.71 Å². The van der Waals surface area contributed by atoms with Crippen molar-refractivity contribution in [1.29, 1.82) is 0 Å². The summed E-state index contributed by atoms with van der Waals surface area (Å²) in [5.41, 5.74) is 1.02. The first kappa shape index (κ1) is 15.5. The number of hydrogen-bond donors (Lipinski definition) is 1. The molecule has 0 amide bonds. The zero-order valence-electron chi connectivity index (χ0n) is 10.2. The van der Waals surface area contributed by atoms with Crippen molar-refractivity contribution in [3.05, 3.63) is 0 Å². The minimum atomic E-state index is 0. The normalized spacial score (nSPS) is 20.7. The first-order valence-corrected chi connectivity index (χ1v) is 6.13. The maximum absolute atomic E-state index is 8.78. The van der Waals surface area contributed by atoms with Gasteiger partial charge in [0, 0.05) is 29.6 Å². The van der Waals surface area contributed by atoms with Gasteiger partial charge in [-0.1, -0.05) is 50.1 Å². The summed E-state index contributed by atoms with van der Waals surface area (Å²) in [6.07, 6.45) is 14.0. The molecule has 2 nitrogen and oxygen atoms in total. The molecule has 3 heteroatoms. The molecule has 1 aliphatic carbocycles. The largest absolute Gasteiger partial charge is 0.411 e. The average Bonchev–Trinajstić information content (AvgIpc) is 2.19. The van der Waals surface area contributed by atoms with Crippen molar-refractivity contribution in [3.63, 3.8) is 0 Å². The Labute approximate surface area is 116 Å². The molecule has 0 atom stereocenters. The summed E-state index contributed by atoms with van der Waals surface area (Å²) in [5.74, 6) is 0. The van der Waals surface area contributed by atoms with Crippen molar-refractivity contribution in [3.8, 4) is 0 Å². The third-order valence-corrected chi connectivity index (χ3v) is 3.07. The van der Waals surface area contributed by atoms with Gasteiger partial charge in [0.15, 0.2) is 0 Å². The molecule has 0 aliphatic heterocycles. The van der Waals surface area contributed by atoms with Crippen LogP contribution in [-0.4, -0.2) is 40.5 Å². The van der Waals surface area contributed by atoms with Gasteiger partial charge in [-0.2, -0.15) is 0 Å². The quantitative estimate of drug-likeness (QED) is 0.376. The van der Waals surface area contributed by atoms with Crippen LogP contribution in [0.4, 0.5) is 0 Å². The van der Waals surface area contributed by atoms with E-state index in [1.165, 1.54) is 57.8 Å². The monoisotopic (exact) mass is 220 g/mol. The van der Waals surface area contributed by atoms with E-state index in [2.05, 4.69) is 5.16 Å². The van der Waals surface area contributed by atoms with E-state index in [1.54, 1.807) is 0 Å².